The first-order valence-electron chi connectivity index (χ1n) is 9.70. The van der Waals surface area contributed by atoms with Gasteiger partial charge in [0.05, 0.1) is 12.2 Å². The number of hydrogen-bond acceptors (Lipinski definition) is 4. The van der Waals surface area contributed by atoms with Crippen molar-refractivity contribution in [3.63, 3.8) is 0 Å². The number of nitrogens with zero attached hydrogens (tertiary/aromatic N) is 2. The summed E-state index contributed by atoms with van der Waals surface area (Å²) in [6.45, 7) is 0.191. The van der Waals surface area contributed by atoms with Crippen LogP contribution in [0.1, 0.15) is 5.69 Å². The van der Waals surface area contributed by atoms with Crippen LogP contribution in [0.5, 0.6) is 0 Å². The fraction of sp³-hybridized carbons (Fsp3) is 0.0435. The average molecular weight is 517 g/mol. The Kier molecular flexibility index (Phi) is 6.99. The van der Waals surface area contributed by atoms with Gasteiger partial charge < -0.3 is 11.1 Å². The van der Waals surface area contributed by atoms with E-state index in [1.54, 1.807) is 17.6 Å². The van der Waals surface area contributed by atoms with Crippen molar-refractivity contribution in [1.82, 2.24) is 10.3 Å². The molecule has 0 saturated heterocycles. The zero-order valence-corrected chi connectivity index (χ0v) is 20.2. The first-order chi connectivity index (χ1) is 15.8. The van der Waals surface area contributed by atoms with Crippen molar-refractivity contribution in [3.8, 4) is 22.3 Å². The third-order valence-electron chi connectivity index (χ3n) is 4.69. The summed E-state index contributed by atoms with van der Waals surface area (Å²) in [5.41, 5.74) is 10.2. The Hall–Kier alpha value is -2.91. The minimum absolute atomic E-state index is 0.128. The van der Waals surface area contributed by atoms with E-state index in [9.17, 15) is 8.42 Å². The Morgan fingerprint density at radius 1 is 0.970 bits per heavy atom. The number of rotatable bonds is 6. The third-order valence-corrected chi connectivity index (χ3v) is 7.86. The molecule has 2 aromatic heterocycles. The van der Waals surface area contributed by atoms with Gasteiger partial charge in [0, 0.05) is 21.8 Å². The lowest BCUT2D eigenvalue weighted by Gasteiger charge is -2.13. The molecular weight excluding hydrogens is 499 g/mol. The molecule has 0 amide bonds. The zero-order valence-electron chi connectivity index (χ0n) is 17.1. The maximum Gasteiger partial charge on any atom is 0.295 e. The molecule has 0 fully saturated rings. The van der Waals surface area contributed by atoms with E-state index in [4.69, 9.17) is 28.9 Å². The van der Waals surface area contributed by atoms with Gasteiger partial charge in [-0.15, -0.1) is 15.7 Å². The fourth-order valence-electron chi connectivity index (χ4n) is 3.12. The number of pyridine rings is 1. The number of hydrogen-bond donors (Lipinski definition) is 2. The van der Waals surface area contributed by atoms with Crippen molar-refractivity contribution in [1.29, 1.82) is 0 Å². The van der Waals surface area contributed by atoms with E-state index >= 15 is 0 Å². The largest absolute Gasteiger partial charge is 0.369 e. The van der Waals surface area contributed by atoms with Crippen LogP contribution < -0.4 is 11.1 Å². The lowest BCUT2D eigenvalue weighted by Crippen LogP contribution is -2.32. The van der Waals surface area contributed by atoms with E-state index in [1.165, 1.54) is 6.07 Å². The van der Waals surface area contributed by atoms with Crippen LogP contribution in [-0.4, -0.2) is 19.4 Å². The van der Waals surface area contributed by atoms with Crippen molar-refractivity contribution >= 4 is 50.5 Å². The van der Waals surface area contributed by atoms with Crippen LogP contribution >= 0.6 is 34.5 Å². The molecule has 0 aliphatic carbocycles. The first-order valence-corrected chi connectivity index (χ1v) is 12.8. The summed E-state index contributed by atoms with van der Waals surface area (Å²) in [6.07, 6.45) is 1.76. The Morgan fingerprint density at radius 3 is 2.15 bits per heavy atom. The summed E-state index contributed by atoms with van der Waals surface area (Å²) in [5, 5.41) is 5.77. The van der Waals surface area contributed by atoms with Gasteiger partial charge in [-0.3, -0.25) is 4.98 Å². The average Bonchev–Trinajstić information content (AvgIpc) is 3.35. The number of nitrogens with two attached hydrogens (primary N) is 1. The standard InChI is InChI=1S/C23H18Cl2N4O2S2/c24-17-7-3-15(4-8-17)20-12-19(27-14-21(20)16-5-9-18(25)10-6-16)13-28-23(26)29-33(30,31)22-2-1-11-32-22/h1-12,14H,13H2,(H3,26,28,29). The maximum absolute atomic E-state index is 12.3. The molecule has 0 aliphatic heterocycles. The second-order valence-corrected chi connectivity index (χ2v) is 10.6. The van der Waals surface area contributed by atoms with Gasteiger partial charge in [-0.25, -0.2) is 0 Å². The van der Waals surface area contributed by atoms with Crippen molar-refractivity contribution in [2.45, 2.75) is 10.8 Å². The molecule has 0 radical (unpaired) electrons. The van der Waals surface area contributed by atoms with Crippen LogP contribution in [0, 0.1) is 0 Å². The maximum atomic E-state index is 12.3. The van der Waals surface area contributed by atoms with Crippen molar-refractivity contribution in [2.24, 2.45) is 10.1 Å². The van der Waals surface area contributed by atoms with E-state index < -0.39 is 10.0 Å². The summed E-state index contributed by atoms with van der Waals surface area (Å²) in [5.74, 6) is -0.208. The monoisotopic (exact) mass is 516 g/mol. The number of guanidine groups is 1. The summed E-state index contributed by atoms with van der Waals surface area (Å²) >= 11 is 13.2. The molecule has 0 saturated carbocycles. The molecule has 4 rings (SSSR count). The molecule has 0 atom stereocenters. The number of aromatic nitrogens is 1. The number of benzene rings is 2. The first kappa shape index (κ1) is 23.3. The molecule has 0 bridgehead atoms. The van der Waals surface area contributed by atoms with Gasteiger partial charge in [0.2, 0.25) is 5.96 Å². The quantitative estimate of drug-likeness (QED) is 0.257. The Labute approximate surface area is 205 Å². The van der Waals surface area contributed by atoms with E-state index in [-0.39, 0.29) is 16.7 Å². The number of halogens is 2. The minimum Gasteiger partial charge on any atom is -0.369 e. The Balaban J connectivity index is 1.63. The van der Waals surface area contributed by atoms with Crippen LogP contribution in [-0.2, 0) is 16.6 Å². The molecule has 0 unspecified atom stereocenters. The van der Waals surface area contributed by atoms with E-state index in [2.05, 4.69) is 14.7 Å². The molecule has 2 aromatic carbocycles. The van der Waals surface area contributed by atoms with E-state index in [0.29, 0.717) is 15.7 Å². The highest BCUT2D eigenvalue weighted by Crippen LogP contribution is 2.33. The Bertz CT molecular complexity index is 1390. The van der Waals surface area contributed by atoms with Gasteiger partial charge in [0.1, 0.15) is 4.21 Å². The smallest absolute Gasteiger partial charge is 0.295 e. The van der Waals surface area contributed by atoms with Gasteiger partial charge in [0.25, 0.3) is 10.0 Å². The Morgan fingerprint density at radius 2 is 1.58 bits per heavy atom. The second-order valence-electron chi connectivity index (χ2n) is 6.97. The number of nitrogens with one attached hydrogen (secondary N) is 1. The SMILES string of the molecule is NC(=NS(=O)(=O)c1cccs1)NCc1cc(-c2ccc(Cl)cc2)c(-c2ccc(Cl)cc2)cn1. The topological polar surface area (TPSA) is 97.4 Å². The second kappa shape index (κ2) is 9.93. The highest BCUT2D eigenvalue weighted by molar-refractivity contribution is 7.92. The number of thiophene rings is 1. The lowest BCUT2D eigenvalue weighted by molar-refractivity contribution is 0.599. The van der Waals surface area contributed by atoms with Gasteiger partial charge in [0.15, 0.2) is 0 Å². The van der Waals surface area contributed by atoms with Crippen LogP contribution in [0.25, 0.3) is 22.3 Å². The van der Waals surface area contributed by atoms with E-state index in [0.717, 1.165) is 33.6 Å². The predicted molar refractivity (Wildman–Crippen MR) is 135 cm³/mol. The van der Waals surface area contributed by atoms with Crippen molar-refractivity contribution in [3.05, 3.63) is 94.0 Å². The fourth-order valence-corrected chi connectivity index (χ4v) is 5.25. The lowest BCUT2D eigenvalue weighted by atomic mass is 9.95. The zero-order chi connectivity index (χ0) is 23.4. The van der Waals surface area contributed by atoms with Crippen LogP contribution in [0.2, 0.25) is 10.0 Å². The third kappa shape index (κ3) is 5.72. The summed E-state index contributed by atoms with van der Waals surface area (Å²) in [6, 6.07) is 20.0. The van der Waals surface area contributed by atoms with Gasteiger partial charge in [-0.05, 0) is 58.5 Å². The molecule has 3 N–H and O–H groups in total. The molecule has 168 valence electrons. The highest BCUT2D eigenvalue weighted by Gasteiger charge is 2.15. The summed E-state index contributed by atoms with van der Waals surface area (Å²) in [4.78, 5) is 4.52. The van der Waals surface area contributed by atoms with E-state index in [1.807, 2.05) is 54.6 Å². The number of sulfonamides is 1. The van der Waals surface area contributed by atoms with Crippen LogP contribution in [0.4, 0.5) is 0 Å². The molecule has 6 nitrogen and oxygen atoms in total. The normalized spacial score (nSPS) is 12.0. The van der Waals surface area contributed by atoms with Crippen LogP contribution in [0.3, 0.4) is 0 Å². The molecule has 0 spiro atoms. The summed E-state index contributed by atoms with van der Waals surface area (Å²) in [7, 11) is -3.85. The molecule has 0 aliphatic rings. The van der Waals surface area contributed by atoms with Crippen molar-refractivity contribution in [2.75, 3.05) is 0 Å². The molecule has 4 aromatic rings. The van der Waals surface area contributed by atoms with Crippen LogP contribution in [0.15, 0.2) is 86.9 Å². The van der Waals surface area contributed by atoms with Gasteiger partial charge in [-0.2, -0.15) is 8.42 Å². The van der Waals surface area contributed by atoms with Crippen molar-refractivity contribution < 1.29 is 8.42 Å². The molecular formula is C23H18Cl2N4O2S2. The highest BCUT2D eigenvalue weighted by atomic mass is 35.5. The van der Waals surface area contributed by atoms with Gasteiger partial charge >= 0.3 is 0 Å². The summed E-state index contributed by atoms with van der Waals surface area (Å²) < 4.78 is 28.3. The predicted octanol–water partition coefficient (Wildman–Crippen LogP) is 5.58. The minimum atomic E-state index is -3.85. The molecule has 10 heteroatoms. The van der Waals surface area contributed by atoms with Gasteiger partial charge in [-0.1, -0.05) is 53.5 Å². The molecule has 33 heavy (non-hydrogen) atoms. The molecule has 2 heterocycles.